The van der Waals surface area contributed by atoms with E-state index in [1.165, 1.54) is 7.11 Å². The van der Waals surface area contributed by atoms with Crippen molar-refractivity contribution in [3.8, 4) is 0 Å². The number of esters is 1. The molecule has 5 heteroatoms. The first-order valence-corrected chi connectivity index (χ1v) is 7.42. The molecule has 1 aliphatic rings. The minimum Gasteiger partial charge on any atom is -0.467 e. The number of pyridine rings is 1. The van der Waals surface area contributed by atoms with Gasteiger partial charge in [-0.15, -0.1) is 0 Å². The molecule has 2 rings (SSSR count). The maximum atomic E-state index is 12.4. The third-order valence-corrected chi connectivity index (χ3v) is 4.01. The van der Waals surface area contributed by atoms with Crippen molar-refractivity contribution in [3.05, 3.63) is 29.6 Å². The lowest BCUT2D eigenvalue weighted by Gasteiger charge is -2.30. The summed E-state index contributed by atoms with van der Waals surface area (Å²) >= 11 is 0. The Hall–Kier alpha value is -1.91. The highest BCUT2D eigenvalue weighted by Gasteiger charge is 2.41. The molecule has 0 radical (unpaired) electrons. The normalized spacial score (nSPS) is 17.6. The smallest absolute Gasteiger partial charge is 0.331 e. The van der Waals surface area contributed by atoms with Crippen LogP contribution in [0.25, 0.3) is 0 Å². The van der Waals surface area contributed by atoms with Gasteiger partial charge in [0.1, 0.15) is 11.2 Å². The molecule has 0 atom stereocenters. The predicted octanol–water partition coefficient (Wildman–Crippen LogP) is 2.39. The third-order valence-electron chi connectivity index (χ3n) is 4.01. The topological polar surface area (TPSA) is 68.3 Å². The minimum atomic E-state index is -0.909. The van der Waals surface area contributed by atoms with Crippen LogP contribution in [0, 0.1) is 6.92 Å². The first-order chi connectivity index (χ1) is 10.1. The van der Waals surface area contributed by atoms with E-state index in [0.717, 1.165) is 31.4 Å². The summed E-state index contributed by atoms with van der Waals surface area (Å²) in [5.41, 5.74) is 0.200. The fourth-order valence-electron chi connectivity index (χ4n) is 2.86. The van der Waals surface area contributed by atoms with Gasteiger partial charge in [-0.3, -0.25) is 4.79 Å². The lowest BCUT2D eigenvalue weighted by Crippen LogP contribution is -2.55. The Bertz CT molecular complexity index is 520. The number of rotatable bonds is 3. The standard InChI is InChI=1S/C16H22N2O3/c1-12-8-7-9-13(17-12)14(19)18-16(15(20)21-2)10-5-3-4-6-11-16/h7-9H,3-6,10-11H2,1-2H3,(H,18,19). The predicted molar refractivity (Wildman–Crippen MR) is 78.9 cm³/mol. The molecule has 0 unspecified atom stereocenters. The summed E-state index contributed by atoms with van der Waals surface area (Å²) in [6.07, 6.45) is 5.23. The number of aryl methyl sites for hydroxylation is 1. The molecule has 114 valence electrons. The zero-order valence-corrected chi connectivity index (χ0v) is 12.6. The van der Waals surface area contributed by atoms with Crippen LogP contribution in [0.2, 0.25) is 0 Å². The summed E-state index contributed by atoms with van der Waals surface area (Å²) in [6, 6.07) is 5.28. The number of ether oxygens (including phenoxy) is 1. The van der Waals surface area contributed by atoms with E-state index in [1.54, 1.807) is 12.1 Å². The molecule has 1 fully saturated rings. The molecule has 5 nitrogen and oxygen atoms in total. The van der Waals surface area contributed by atoms with Crippen molar-refractivity contribution < 1.29 is 14.3 Å². The van der Waals surface area contributed by atoms with Crippen LogP contribution in [0.15, 0.2) is 18.2 Å². The van der Waals surface area contributed by atoms with Crippen LogP contribution in [0.4, 0.5) is 0 Å². The highest BCUT2D eigenvalue weighted by molar-refractivity contribution is 5.96. The molecular formula is C16H22N2O3. The molecule has 0 aliphatic heterocycles. The molecule has 1 N–H and O–H groups in total. The molecule has 1 heterocycles. The third kappa shape index (κ3) is 3.60. The maximum Gasteiger partial charge on any atom is 0.331 e. The Kier molecular flexibility index (Phi) is 4.94. The largest absolute Gasteiger partial charge is 0.467 e. The van der Waals surface area contributed by atoms with Crippen molar-refractivity contribution in [3.63, 3.8) is 0 Å². The van der Waals surface area contributed by atoms with Crippen LogP contribution in [-0.4, -0.2) is 29.5 Å². The van der Waals surface area contributed by atoms with Gasteiger partial charge in [-0.2, -0.15) is 0 Å². The summed E-state index contributed by atoms with van der Waals surface area (Å²) in [7, 11) is 1.37. The van der Waals surface area contributed by atoms with E-state index in [4.69, 9.17) is 4.74 Å². The van der Waals surface area contributed by atoms with Gasteiger partial charge in [0.2, 0.25) is 0 Å². The van der Waals surface area contributed by atoms with E-state index in [2.05, 4.69) is 10.3 Å². The van der Waals surface area contributed by atoms with E-state index < -0.39 is 5.54 Å². The summed E-state index contributed by atoms with van der Waals surface area (Å²) in [5, 5.41) is 2.89. The van der Waals surface area contributed by atoms with Crippen LogP contribution >= 0.6 is 0 Å². The minimum absolute atomic E-state index is 0.314. The van der Waals surface area contributed by atoms with E-state index in [9.17, 15) is 9.59 Å². The van der Waals surface area contributed by atoms with Crippen molar-refractivity contribution in [1.82, 2.24) is 10.3 Å². The fourth-order valence-corrected chi connectivity index (χ4v) is 2.86. The molecule has 0 bridgehead atoms. The Balaban J connectivity index is 2.22. The molecule has 0 spiro atoms. The zero-order chi connectivity index (χ0) is 15.3. The quantitative estimate of drug-likeness (QED) is 0.685. The van der Waals surface area contributed by atoms with Crippen molar-refractivity contribution in [2.45, 2.75) is 51.0 Å². The van der Waals surface area contributed by atoms with Crippen LogP contribution < -0.4 is 5.32 Å². The highest BCUT2D eigenvalue weighted by Crippen LogP contribution is 2.28. The summed E-state index contributed by atoms with van der Waals surface area (Å²) in [5.74, 6) is -0.670. The monoisotopic (exact) mass is 290 g/mol. The van der Waals surface area contributed by atoms with Gasteiger partial charge < -0.3 is 10.1 Å². The van der Waals surface area contributed by atoms with Crippen LogP contribution in [0.1, 0.15) is 54.7 Å². The van der Waals surface area contributed by atoms with Gasteiger partial charge >= 0.3 is 5.97 Å². The van der Waals surface area contributed by atoms with Gasteiger partial charge in [0, 0.05) is 5.69 Å². The van der Waals surface area contributed by atoms with Gasteiger partial charge in [0.05, 0.1) is 7.11 Å². The second-order valence-corrected chi connectivity index (χ2v) is 5.61. The van der Waals surface area contributed by atoms with Gasteiger partial charge in [-0.25, -0.2) is 9.78 Å². The number of methoxy groups -OCH3 is 1. The lowest BCUT2D eigenvalue weighted by molar-refractivity contribution is -0.148. The molecular weight excluding hydrogens is 268 g/mol. The number of aromatic nitrogens is 1. The fraction of sp³-hybridized carbons (Fsp3) is 0.562. The van der Waals surface area contributed by atoms with E-state index in [0.29, 0.717) is 18.5 Å². The molecule has 0 saturated heterocycles. The second kappa shape index (κ2) is 6.70. The average molecular weight is 290 g/mol. The Labute approximate surface area is 125 Å². The lowest BCUT2D eigenvalue weighted by atomic mass is 9.90. The van der Waals surface area contributed by atoms with Crippen molar-refractivity contribution in [2.24, 2.45) is 0 Å². The molecule has 21 heavy (non-hydrogen) atoms. The summed E-state index contributed by atoms with van der Waals surface area (Å²) in [4.78, 5) is 28.9. The number of nitrogens with one attached hydrogen (secondary N) is 1. The van der Waals surface area contributed by atoms with Gasteiger partial charge in [0.15, 0.2) is 0 Å². The second-order valence-electron chi connectivity index (χ2n) is 5.61. The first kappa shape index (κ1) is 15.5. The Morgan fingerprint density at radius 3 is 2.43 bits per heavy atom. The molecule has 1 aromatic heterocycles. The van der Waals surface area contributed by atoms with E-state index >= 15 is 0 Å². The number of carbonyl (C=O) groups is 2. The number of hydrogen-bond acceptors (Lipinski definition) is 4. The van der Waals surface area contributed by atoms with Crippen LogP contribution in [-0.2, 0) is 9.53 Å². The molecule has 1 aromatic rings. The SMILES string of the molecule is COC(=O)C1(NC(=O)c2cccc(C)n2)CCCCCC1. The van der Waals surface area contributed by atoms with Crippen molar-refractivity contribution >= 4 is 11.9 Å². The Morgan fingerprint density at radius 2 is 1.86 bits per heavy atom. The molecule has 1 saturated carbocycles. The summed E-state index contributed by atoms with van der Waals surface area (Å²) < 4.78 is 4.94. The van der Waals surface area contributed by atoms with E-state index in [1.807, 2.05) is 13.0 Å². The van der Waals surface area contributed by atoms with Crippen LogP contribution in [0.5, 0.6) is 0 Å². The average Bonchev–Trinajstić information content (AvgIpc) is 2.73. The summed E-state index contributed by atoms with van der Waals surface area (Å²) in [6.45, 7) is 1.83. The number of carbonyl (C=O) groups excluding carboxylic acids is 2. The van der Waals surface area contributed by atoms with Gasteiger partial charge in [0.25, 0.3) is 5.91 Å². The maximum absolute atomic E-state index is 12.4. The van der Waals surface area contributed by atoms with Crippen molar-refractivity contribution in [1.29, 1.82) is 0 Å². The molecule has 1 aliphatic carbocycles. The number of nitrogens with zero attached hydrogens (tertiary/aromatic N) is 1. The van der Waals surface area contributed by atoms with Crippen molar-refractivity contribution in [2.75, 3.05) is 7.11 Å². The highest BCUT2D eigenvalue weighted by atomic mass is 16.5. The molecule has 0 aromatic carbocycles. The zero-order valence-electron chi connectivity index (χ0n) is 12.6. The van der Waals surface area contributed by atoms with Crippen LogP contribution in [0.3, 0.4) is 0 Å². The Morgan fingerprint density at radius 1 is 1.19 bits per heavy atom. The first-order valence-electron chi connectivity index (χ1n) is 7.42. The van der Waals surface area contributed by atoms with Gasteiger partial charge in [-0.05, 0) is 31.9 Å². The number of hydrogen-bond donors (Lipinski definition) is 1. The number of amides is 1. The molecule has 1 amide bonds. The van der Waals surface area contributed by atoms with E-state index in [-0.39, 0.29) is 11.9 Å². The van der Waals surface area contributed by atoms with Gasteiger partial charge in [-0.1, -0.05) is 31.7 Å².